The van der Waals surface area contributed by atoms with Gasteiger partial charge in [-0.25, -0.2) is 14.4 Å². The third-order valence-electron chi connectivity index (χ3n) is 9.08. The van der Waals surface area contributed by atoms with Crippen LogP contribution in [-0.4, -0.2) is 114 Å². The molecule has 2 atom stereocenters. The number of pyridine rings is 2. The zero-order valence-electron chi connectivity index (χ0n) is 33.1. The Morgan fingerprint density at radius 1 is 0.719 bits per heavy atom. The van der Waals surface area contributed by atoms with E-state index in [-0.39, 0.29) is 55.1 Å². The van der Waals surface area contributed by atoms with Gasteiger partial charge in [0, 0.05) is 75.4 Å². The predicted octanol–water partition coefficient (Wildman–Crippen LogP) is 6.77. The van der Waals surface area contributed by atoms with E-state index in [4.69, 9.17) is 14.2 Å². The summed E-state index contributed by atoms with van der Waals surface area (Å²) in [5.74, 6) is 1.49. The number of carbonyl (C=O) groups excluding carboxylic acids is 3. The second-order valence-electron chi connectivity index (χ2n) is 14.3. The number of hydrogen-bond acceptors (Lipinski definition) is 9. The zero-order chi connectivity index (χ0) is 39.2. The van der Waals surface area contributed by atoms with Crippen LogP contribution in [0.3, 0.4) is 0 Å². The molecule has 2 aliphatic rings. The minimum Gasteiger partial charge on any atom is -0.497 e. The minimum absolute atomic E-state index is 0. The van der Waals surface area contributed by atoms with Crippen LogP contribution in [0.2, 0.25) is 0 Å². The Hall–Kier alpha value is -5.31. The lowest BCUT2D eigenvalue weighted by molar-refractivity contribution is 0.00976. The Labute approximate surface area is 347 Å². The molecule has 4 heterocycles. The summed E-state index contributed by atoms with van der Waals surface area (Å²) in [4.78, 5) is 52.0. The third kappa shape index (κ3) is 14.3. The SMILES string of the molecule is COc1ccc(NC(=O)N2CCN(C(=O)OC(C)(C)C)CC2Cc2cccnc2)cc1.COc1ccc(NC(=O)N2CCNCC2Cc2cccnc2)cc1.Cl.Cl. The summed E-state index contributed by atoms with van der Waals surface area (Å²) in [6.45, 7) is 9.02. The Morgan fingerprint density at radius 2 is 1.21 bits per heavy atom. The van der Waals surface area contributed by atoms with E-state index in [1.54, 1.807) is 66.9 Å². The first-order valence-corrected chi connectivity index (χ1v) is 18.4. The van der Waals surface area contributed by atoms with Crippen LogP contribution in [0.25, 0.3) is 0 Å². The van der Waals surface area contributed by atoms with E-state index in [9.17, 15) is 14.4 Å². The number of urea groups is 2. The van der Waals surface area contributed by atoms with Crippen molar-refractivity contribution in [2.75, 3.05) is 64.1 Å². The van der Waals surface area contributed by atoms with Crippen molar-refractivity contribution < 1.29 is 28.6 Å². The van der Waals surface area contributed by atoms with Crippen molar-refractivity contribution in [1.82, 2.24) is 30.0 Å². The quantitative estimate of drug-likeness (QED) is 0.175. The number of ether oxygens (including phenoxy) is 3. The lowest BCUT2D eigenvalue weighted by atomic mass is 10.0. The molecule has 3 N–H and O–H groups in total. The molecule has 308 valence electrons. The molecule has 0 bridgehead atoms. The third-order valence-corrected chi connectivity index (χ3v) is 9.08. The highest BCUT2D eigenvalue weighted by atomic mass is 35.5. The second-order valence-corrected chi connectivity index (χ2v) is 14.3. The van der Waals surface area contributed by atoms with Gasteiger partial charge in [-0.2, -0.15) is 0 Å². The van der Waals surface area contributed by atoms with Gasteiger partial charge >= 0.3 is 18.2 Å². The molecule has 16 heteroatoms. The van der Waals surface area contributed by atoms with Crippen molar-refractivity contribution in [2.24, 2.45) is 0 Å². The lowest BCUT2D eigenvalue weighted by Gasteiger charge is -2.41. The number of anilines is 2. The van der Waals surface area contributed by atoms with Crippen LogP contribution in [0.1, 0.15) is 31.9 Å². The largest absolute Gasteiger partial charge is 0.497 e. The average Bonchev–Trinajstić information content (AvgIpc) is 3.19. The van der Waals surface area contributed by atoms with Gasteiger partial charge < -0.3 is 44.9 Å². The molecule has 2 unspecified atom stereocenters. The average molecular weight is 826 g/mol. The normalized spacial score (nSPS) is 16.3. The highest BCUT2D eigenvalue weighted by molar-refractivity contribution is 5.90. The lowest BCUT2D eigenvalue weighted by Crippen LogP contribution is -2.58. The van der Waals surface area contributed by atoms with E-state index >= 15 is 0 Å². The van der Waals surface area contributed by atoms with Gasteiger partial charge in [-0.15, -0.1) is 24.8 Å². The first-order valence-electron chi connectivity index (χ1n) is 18.4. The van der Waals surface area contributed by atoms with Crippen LogP contribution < -0.4 is 25.4 Å². The molecule has 2 fully saturated rings. The second kappa shape index (κ2) is 22.4. The number of carbonyl (C=O) groups is 3. The maximum Gasteiger partial charge on any atom is 0.410 e. The first kappa shape index (κ1) is 46.1. The highest BCUT2D eigenvalue weighted by Crippen LogP contribution is 2.21. The van der Waals surface area contributed by atoms with Gasteiger partial charge in [0.15, 0.2) is 0 Å². The van der Waals surface area contributed by atoms with E-state index in [0.717, 1.165) is 47.8 Å². The summed E-state index contributed by atoms with van der Waals surface area (Å²) in [5.41, 5.74) is 3.01. The number of rotatable bonds is 8. The summed E-state index contributed by atoms with van der Waals surface area (Å²) in [5, 5.41) is 9.27. The zero-order valence-corrected chi connectivity index (χ0v) is 34.7. The summed E-state index contributed by atoms with van der Waals surface area (Å²) in [6.07, 6.45) is 8.13. The molecular weight excluding hydrogens is 771 g/mol. The monoisotopic (exact) mass is 824 g/mol. The summed E-state index contributed by atoms with van der Waals surface area (Å²) in [7, 11) is 3.22. The van der Waals surface area contributed by atoms with Gasteiger partial charge in [0.1, 0.15) is 17.1 Å². The molecule has 0 saturated carbocycles. The number of methoxy groups -OCH3 is 2. The number of hydrogen-bond donors (Lipinski definition) is 3. The smallest absolute Gasteiger partial charge is 0.410 e. The van der Waals surface area contributed by atoms with Gasteiger partial charge in [-0.3, -0.25) is 9.97 Å². The number of benzene rings is 2. The molecule has 4 aromatic rings. The predicted molar refractivity (Wildman–Crippen MR) is 226 cm³/mol. The van der Waals surface area contributed by atoms with Crippen molar-refractivity contribution in [3.8, 4) is 11.5 Å². The molecule has 2 aromatic carbocycles. The number of nitrogens with one attached hydrogen (secondary N) is 3. The maximum atomic E-state index is 13.1. The topological polar surface area (TPSA) is 150 Å². The van der Waals surface area contributed by atoms with Crippen LogP contribution >= 0.6 is 24.8 Å². The Kier molecular flexibility index (Phi) is 18.1. The van der Waals surface area contributed by atoms with Gasteiger partial charge in [0.2, 0.25) is 0 Å². The van der Waals surface area contributed by atoms with Crippen LogP contribution in [0.15, 0.2) is 97.6 Å². The Morgan fingerprint density at radius 3 is 1.67 bits per heavy atom. The maximum absolute atomic E-state index is 13.1. The van der Waals surface area contributed by atoms with Crippen molar-refractivity contribution in [2.45, 2.75) is 51.3 Å². The molecule has 5 amide bonds. The molecule has 6 rings (SSSR count). The van der Waals surface area contributed by atoms with Crippen LogP contribution in [0, 0.1) is 0 Å². The number of amides is 5. The summed E-state index contributed by atoms with van der Waals surface area (Å²) in [6, 6.07) is 22.0. The van der Waals surface area contributed by atoms with E-state index in [2.05, 4.69) is 25.9 Å². The van der Waals surface area contributed by atoms with Crippen LogP contribution in [0.5, 0.6) is 11.5 Å². The van der Waals surface area contributed by atoms with Gasteiger partial charge in [-0.1, -0.05) is 12.1 Å². The summed E-state index contributed by atoms with van der Waals surface area (Å²) < 4.78 is 15.8. The molecule has 2 aromatic heterocycles. The number of aromatic nitrogens is 2. The molecule has 57 heavy (non-hydrogen) atoms. The van der Waals surface area contributed by atoms with Gasteiger partial charge in [0.25, 0.3) is 0 Å². The fourth-order valence-corrected chi connectivity index (χ4v) is 6.32. The van der Waals surface area contributed by atoms with E-state index in [1.807, 2.05) is 80.4 Å². The number of piperazine rings is 2. The van der Waals surface area contributed by atoms with Gasteiger partial charge in [0.05, 0.1) is 26.3 Å². The number of nitrogens with zero attached hydrogens (tertiary/aromatic N) is 5. The van der Waals surface area contributed by atoms with Crippen molar-refractivity contribution >= 4 is 54.3 Å². The van der Waals surface area contributed by atoms with Crippen LogP contribution in [0.4, 0.5) is 25.8 Å². The molecular formula is C41H54Cl2N8O6. The molecule has 0 spiro atoms. The fraction of sp³-hybridized carbons (Fsp3) is 0.390. The molecule has 0 radical (unpaired) electrons. The van der Waals surface area contributed by atoms with Crippen molar-refractivity contribution in [3.63, 3.8) is 0 Å². The molecule has 14 nitrogen and oxygen atoms in total. The Bertz CT molecular complexity index is 1820. The Balaban J connectivity index is 0.000000303. The van der Waals surface area contributed by atoms with E-state index < -0.39 is 5.60 Å². The van der Waals surface area contributed by atoms with E-state index in [0.29, 0.717) is 38.3 Å². The van der Waals surface area contributed by atoms with Gasteiger partial charge in [-0.05, 0) is 105 Å². The highest BCUT2D eigenvalue weighted by Gasteiger charge is 2.35. The van der Waals surface area contributed by atoms with Crippen molar-refractivity contribution in [1.29, 1.82) is 0 Å². The molecule has 2 saturated heterocycles. The molecule has 0 aliphatic carbocycles. The minimum atomic E-state index is -0.571. The van der Waals surface area contributed by atoms with Crippen LogP contribution in [-0.2, 0) is 17.6 Å². The van der Waals surface area contributed by atoms with Crippen molar-refractivity contribution in [3.05, 3.63) is 109 Å². The molecule has 2 aliphatic heterocycles. The standard InChI is InChI=1S/C23H30N4O4.C18H22N4O2.2ClH/c1-23(2,3)31-22(29)26-12-13-27(19(16-26)14-17-6-5-11-24-15-17)21(28)25-18-7-9-20(30-4)10-8-18;1-24-17-6-4-15(5-7-17)21-18(23)22-10-9-20-13-16(22)11-14-3-2-8-19-12-14;;/h5-11,15,19H,12-14,16H2,1-4H3,(H,25,28);2-8,12,16,20H,9-11,13H2,1H3,(H,21,23);2*1H. The number of halogens is 2. The fourth-order valence-electron chi connectivity index (χ4n) is 6.32. The van der Waals surface area contributed by atoms with E-state index in [1.165, 1.54) is 0 Å². The first-order chi connectivity index (χ1) is 26.5. The summed E-state index contributed by atoms with van der Waals surface area (Å²) >= 11 is 0.